The molecule has 0 unspecified atom stereocenters. The number of ether oxygens (including phenoxy) is 1. The number of piperidine rings is 1. The zero-order valence-corrected chi connectivity index (χ0v) is 18.0. The second-order valence-corrected chi connectivity index (χ2v) is 10.4. The molecule has 2 N–H and O–H groups in total. The molecule has 30 heavy (non-hydrogen) atoms. The van der Waals surface area contributed by atoms with Crippen LogP contribution in [0.3, 0.4) is 0 Å². The zero-order valence-electron chi connectivity index (χ0n) is 17.2. The van der Waals surface area contributed by atoms with E-state index in [-0.39, 0.29) is 35.2 Å². The Bertz CT molecular complexity index is 927. The summed E-state index contributed by atoms with van der Waals surface area (Å²) < 4.78 is 33.3. The van der Waals surface area contributed by atoms with Gasteiger partial charge >= 0.3 is 0 Å². The summed E-state index contributed by atoms with van der Waals surface area (Å²) in [5, 5.41) is 5.81. The van der Waals surface area contributed by atoms with Crippen molar-refractivity contribution in [3.05, 3.63) is 18.2 Å². The van der Waals surface area contributed by atoms with E-state index < -0.39 is 16.1 Å². The molecule has 2 atom stereocenters. The fraction of sp³-hybridized carbons (Fsp3) is 0.619. The fourth-order valence-corrected chi connectivity index (χ4v) is 5.99. The molecule has 2 heterocycles. The Morgan fingerprint density at radius 3 is 2.70 bits per heavy atom. The number of sulfonamides is 1. The number of carbonyl (C=O) groups excluding carboxylic acids is 2. The summed E-state index contributed by atoms with van der Waals surface area (Å²) in [6.07, 6.45) is 6.20. The molecule has 3 aliphatic rings. The number of carbonyl (C=O) groups is 2. The Balaban J connectivity index is 1.46. The number of hydrogen-bond donors (Lipinski definition) is 2. The fourth-order valence-electron chi connectivity index (χ4n) is 4.44. The number of anilines is 1. The number of benzene rings is 1. The molecule has 0 radical (unpaired) electrons. The molecule has 0 bridgehead atoms. The minimum absolute atomic E-state index is 0.0399. The third-order valence-electron chi connectivity index (χ3n) is 6.23. The SMILES string of the molecule is C[C@@H]1Oc2ccc(S(=O)(=O)N3CCC[C@@H](C(=O)NC4CCCCC4)C3)cc2NC1=O. The van der Waals surface area contributed by atoms with Crippen LogP contribution in [0.5, 0.6) is 5.75 Å². The lowest BCUT2D eigenvalue weighted by molar-refractivity contribution is -0.127. The smallest absolute Gasteiger partial charge is 0.265 e. The minimum Gasteiger partial charge on any atom is -0.479 e. The molecule has 2 aliphatic heterocycles. The Hall–Kier alpha value is -2.13. The quantitative estimate of drug-likeness (QED) is 0.755. The maximum absolute atomic E-state index is 13.2. The standard InChI is InChI=1S/C21H29N3O5S/c1-14-20(25)23-18-12-17(9-10-19(18)29-14)30(27,28)24-11-5-6-15(13-24)21(26)22-16-7-3-2-4-8-16/h9-10,12,14-16H,2-8,11,13H2,1H3,(H,22,26)(H,23,25)/t14-,15+/m0/s1. The lowest BCUT2D eigenvalue weighted by Crippen LogP contribution is -2.47. The maximum atomic E-state index is 13.2. The highest BCUT2D eigenvalue weighted by molar-refractivity contribution is 7.89. The average Bonchev–Trinajstić information content (AvgIpc) is 2.75. The number of rotatable bonds is 4. The van der Waals surface area contributed by atoms with Gasteiger partial charge in [0, 0.05) is 19.1 Å². The van der Waals surface area contributed by atoms with E-state index >= 15 is 0 Å². The maximum Gasteiger partial charge on any atom is 0.265 e. The second-order valence-electron chi connectivity index (χ2n) is 8.45. The van der Waals surface area contributed by atoms with Gasteiger partial charge < -0.3 is 15.4 Å². The topological polar surface area (TPSA) is 105 Å². The van der Waals surface area contributed by atoms with Crippen molar-refractivity contribution in [1.82, 2.24) is 9.62 Å². The molecule has 9 heteroatoms. The Labute approximate surface area is 177 Å². The van der Waals surface area contributed by atoms with Gasteiger partial charge in [-0.05, 0) is 50.8 Å². The highest BCUT2D eigenvalue weighted by Crippen LogP contribution is 2.33. The summed E-state index contributed by atoms with van der Waals surface area (Å²) in [5.41, 5.74) is 0.350. The van der Waals surface area contributed by atoms with Gasteiger partial charge in [0.15, 0.2) is 6.10 Å². The van der Waals surface area contributed by atoms with E-state index in [9.17, 15) is 18.0 Å². The highest BCUT2D eigenvalue weighted by Gasteiger charge is 2.35. The molecular weight excluding hydrogens is 406 g/mol. The van der Waals surface area contributed by atoms with Crippen LogP contribution in [0.15, 0.2) is 23.1 Å². The van der Waals surface area contributed by atoms with Crippen LogP contribution in [0.2, 0.25) is 0 Å². The van der Waals surface area contributed by atoms with Crippen LogP contribution in [0.4, 0.5) is 5.69 Å². The number of amides is 2. The summed E-state index contributed by atoms with van der Waals surface area (Å²) in [6, 6.07) is 4.70. The van der Waals surface area contributed by atoms with E-state index in [2.05, 4.69) is 10.6 Å². The molecule has 1 aromatic carbocycles. The second kappa shape index (κ2) is 8.55. The van der Waals surface area contributed by atoms with E-state index in [1.807, 2.05) is 0 Å². The van der Waals surface area contributed by atoms with Crippen LogP contribution in [-0.2, 0) is 19.6 Å². The van der Waals surface area contributed by atoms with Crippen LogP contribution >= 0.6 is 0 Å². The number of nitrogens with one attached hydrogen (secondary N) is 2. The highest BCUT2D eigenvalue weighted by atomic mass is 32.2. The molecule has 0 aromatic heterocycles. The third-order valence-corrected chi connectivity index (χ3v) is 8.09. The summed E-state index contributed by atoms with van der Waals surface area (Å²) >= 11 is 0. The van der Waals surface area contributed by atoms with Gasteiger partial charge in [-0.1, -0.05) is 19.3 Å². The number of hydrogen-bond acceptors (Lipinski definition) is 5. The monoisotopic (exact) mass is 435 g/mol. The van der Waals surface area contributed by atoms with Crippen molar-refractivity contribution in [3.63, 3.8) is 0 Å². The van der Waals surface area contributed by atoms with Gasteiger partial charge in [-0.25, -0.2) is 8.42 Å². The van der Waals surface area contributed by atoms with E-state index in [4.69, 9.17) is 4.74 Å². The predicted octanol–water partition coefficient (Wildman–Crippen LogP) is 2.26. The Morgan fingerprint density at radius 1 is 1.17 bits per heavy atom. The molecular formula is C21H29N3O5S. The van der Waals surface area contributed by atoms with Gasteiger partial charge in [-0.2, -0.15) is 4.31 Å². The summed E-state index contributed by atoms with van der Waals surface area (Å²) in [4.78, 5) is 24.7. The Morgan fingerprint density at radius 2 is 1.93 bits per heavy atom. The van der Waals surface area contributed by atoms with Gasteiger partial charge in [-0.3, -0.25) is 9.59 Å². The summed E-state index contributed by atoms with van der Waals surface area (Å²) in [7, 11) is -3.78. The van der Waals surface area contributed by atoms with Crippen molar-refractivity contribution in [2.45, 2.75) is 68.9 Å². The lowest BCUT2D eigenvalue weighted by atomic mass is 9.93. The molecule has 4 rings (SSSR count). The molecule has 164 valence electrons. The van der Waals surface area contributed by atoms with Crippen molar-refractivity contribution >= 4 is 27.5 Å². The summed E-state index contributed by atoms with van der Waals surface area (Å²) in [6.45, 7) is 2.19. The first kappa shape index (κ1) is 21.1. The van der Waals surface area contributed by atoms with E-state index in [1.165, 1.54) is 22.9 Å². The predicted molar refractivity (Wildman–Crippen MR) is 112 cm³/mol. The van der Waals surface area contributed by atoms with E-state index in [0.29, 0.717) is 30.8 Å². The van der Waals surface area contributed by atoms with Gasteiger partial charge in [0.25, 0.3) is 5.91 Å². The molecule has 1 saturated heterocycles. The van der Waals surface area contributed by atoms with E-state index in [0.717, 1.165) is 25.7 Å². The van der Waals surface area contributed by atoms with Crippen molar-refractivity contribution in [2.24, 2.45) is 5.92 Å². The van der Waals surface area contributed by atoms with Gasteiger partial charge in [-0.15, -0.1) is 0 Å². The molecule has 0 spiro atoms. The van der Waals surface area contributed by atoms with Crippen molar-refractivity contribution < 1.29 is 22.7 Å². The van der Waals surface area contributed by atoms with Gasteiger partial charge in [0.05, 0.1) is 16.5 Å². The lowest BCUT2D eigenvalue weighted by Gasteiger charge is -2.33. The molecule has 1 aliphatic carbocycles. The minimum atomic E-state index is -3.78. The van der Waals surface area contributed by atoms with Crippen molar-refractivity contribution in [3.8, 4) is 5.75 Å². The largest absolute Gasteiger partial charge is 0.479 e. The Kier molecular flexibility index (Phi) is 6.02. The van der Waals surface area contributed by atoms with Crippen molar-refractivity contribution in [2.75, 3.05) is 18.4 Å². The molecule has 8 nitrogen and oxygen atoms in total. The molecule has 1 saturated carbocycles. The third kappa shape index (κ3) is 4.32. The molecule has 1 aromatic rings. The first-order chi connectivity index (χ1) is 14.3. The van der Waals surface area contributed by atoms with Gasteiger partial charge in [0.1, 0.15) is 5.75 Å². The number of fused-ring (bicyclic) bond motifs is 1. The first-order valence-corrected chi connectivity index (χ1v) is 12.2. The van der Waals surface area contributed by atoms with Crippen LogP contribution in [0.25, 0.3) is 0 Å². The van der Waals surface area contributed by atoms with Crippen molar-refractivity contribution in [1.29, 1.82) is 0 Å². The normalized spacial score (nSPS) is 25.7. The van der Waals surface area contributed by atoms with Crippen LogP contribution in [0.1, 0.15) is 51.9 Å². The van der Waals surface area contributed by atoms with Crippen LogP contribution in [0, 0.1) is 5.92 Å². The zero-order chi connectivity index (χ0) is 21.3. The average molecular weight is 436 g/mol. The van der Waals surface area contributed by atoms with Gasteiger partial charge in [0.2, 0.25) is 15.9 Å². The number of nitrogens with zero attached hydrogens (tertiary/aromatic N) is 1. The van der Waals surface area contributed by atoms with E-state index in [1.54, 1.807) is 13.0 Å². The molecule has 2 amide bonds. The van der Waals surface area contributed by atoms with Crippen LogP contribution in [-0.4, -0.2) is 49.8 Å². The van der Waals surface area contributed by atoms with Crippen LogP contribution < -0.4 is 15.4 Å². The summed E-state index contributed by atoms with van der Waals surface area (Å²) in [5.74, 6) is -0.238. The first-order valence-electron chi connectivity index (χ1n) is 10.8. The molecule has 2 fully saturated rings.